The van der Waals surface area contributed by atoms with Gasteiger partial charge >= 0.3 is 0 Å². The van der Waals surface area contributed by atoms with Crippen LogP contribution in [-0.2, 0) is 14.8 Å². The number of carbonyl (C=O) groups is 1. The van der Waals surface area contributed by atoms with Gasteiger partial charge in [-0.3, -0.25) is 4.79 Å². The van der Waals surface area contributed by atoms with Crippen LogP contribution in [0.1, 0.15) is 38.6 Å². The van der Waals surface area contributed by atoms with E-state index in [1.165, 1.54) is 29.3 Å². The molecule has 1 N–H and O–H groups in total. The largest absolute Gasteiger partial charge is 0.311 e. The Bertz CT molecular complexity index is 977. The Kier molecular flexibility index (Phi) is 5.44. The molecule has 1 aliphatic carbocycles. The molecular weight excluding hydrogens is 395 g/mol. The van der Waals surface area contributed by atoms with Crippen molar-refractivity contribution in [2.75, 3.05) is 18.4 Å². The average molecular weight is 421 g/mol. The van der Waals surface area contributed by atoms with Gasteiger partial charge in [0.25, 0.3) is 0 Å². The van der Waals surface area contributed by atoms with Crippen molar-refractivity contribution >= 4 is 21.7 Å². The number of aromatic nitrogens is 2. The maximum absolute atomic E-state index is 13.1. The topological polar surface area (TPSA) is 84.3 Å². The first kappa shape index (κ1) is 20.0. The molecule has 0 spiro atoms. The van der Waals surface area contributed by atoms with Crippen molar-refractivity contribution in [2.45, 2.75) is 43.5 Å². The van der Waals surface area contributed by atoms with Crippen molar-refractivity contribution in [3.05, 3.63) is 42.3 Å². The van der Waals surface area contributed by atoms with Gasteiger partial charge in [-0.05, 0) is 62.8 Å². The fourth-order valence-electron chi connectivity index (χ4n) is 3.86. The Morgan fingerprint density at radius 1 is 1.14 bits per heavy atom. The van der Waals surface area contributed by atoms with Gasteiger partial charge in [-0.2, -0.15) is 9.40 Å². The van der Waals surface area contributed by atoms with E-state index in [1.54, 1.807) is 12.3 Å². The van der Waals surface area contributed by atoms with E-state index in [4.69, 9.17) is 0 Å². The summed E-state index contributed by atoms with van der Waals surface area (Å²) < 4.78 is 41.7. The van der Waals surface area contributed by atoms with E-state index in [-0.39, 0.29) is 35.9 Å². The third-order valence-electron chi connectivity index (χ3n) is 5.89. The van der Waals surface area contributed by atoms with Gasteiger partial charge in [0.05, 0.1) is 17.1 Å². The molecule has 1 unspecified atom stereocenters. The summed E-state index contributed by atoms with van der Waals surface area (Å²) in [5.74, 6) is 0.471. The molecule has 0 bridgehead atoms. The Hall–Kier alpha value is -2.26. The highest BCUT2D eigenvalue weighted by Gasteiger charge is 2.34. The van der Waals surface area contributed by atoms with Gasteiger partial charge in [0, 0.05) is 25.1 Å². The number of nitrogens with zero attached hydrogens (tertiary/aromatic N) is 3. The number of halogens is 1. The van der Waals surface area contributed by atoms with Gasteiger partial charge in [0.1, 0.15) is 11.6 Å². The minimum atomic E-state index is -3.68. The predicted molar refractivity (Wildman–Crippen MR) is 106 cm³/mol. The van der Waals surface area contributed by atoms with E-state index in [1.807, 2.05) is 4.68 Å². The third-order valence-corrected chi connectivity index (χ3v) is 7.80. The summed E-state index contributed by atoms with van der Waals surface area (Å²) >= 11 is 0. The lowest BCUT2D eigenvalue weighted by atomic mass is 9.97. The summed E-state index contributed by atoms with van der Waals surface area (Å²) in [7, 11) is -3.68. The molecule has 9 heteroatoms. The Morgan fingerprint density at radius 3 is 2.41 bits per heavy atom. The van der Waals surface area contributed by atoms with E-state index in [2.05, 4.69) is 17.3 Å². The molecule has 1 aliphatic heterocycles. The molecular formula is C20H25FN4O3S. The zero-order chi connectivity index (χ0) is 20.6. The fraction of sp³-hybridized carbons (Fsp3) is 0.500. The summed E-state index contributed by atoms with van der Waals surface area (Å²) in [5.41, 5.74) is 0. The second kappa shape index (κ2) is 7.87. The van der Waals surface area contributed by atoms with Crippen LogP contribution in [0.25, 0.3) is 0 Å². The highest BCUT2D eigenvalue weighted by atomic mass is 32.2. The molecule has 29 heavy (non-hydrogen) atoms. The van der Waals surface area contributed by atoms with Crippen LogP contribution in [0.15, 0.2) is 41.4 Å². The molecule has 4 rings (SSSR count). The lowest BCUT2D eigenvalue weighted by Gasteiger charge is -2.30. The number of piperidine rings is 1. The molecule has 7 nitrogen and oxygen atoms in total. The molecule has 2 heterocycles. The van der Waals surface area contributed by atoms with Crippen molar-refractivity contribution in [1.82, 2.24) is 14.1 Å². The van der Waals surface area contributed by atoms with Crippen LogP contribution in [0.5, 0.6) is 0 Å². The maximum Gasteiger partial charge on any atom is 0.243 e. The minimum absolute atomic E-state index is 0.0692. The molecule has 156 valence electrons. The third kappa shape index (κ3) is 4.20. The lowest BCUT2D eigenvalue weighted by Crippen LogP contribution is -2.41. The average Bonchev–Trinajstić information content (AvgIpc) is 3.47. The van der Waals surface area contributed by atoms with Crippen molar-refractivity contribution in [1.29, 1.82) is 0 Å². The first-order valence-electron chi connectivity index (χ1n) is 9.96. The standard InChI is InChI=1S/C20H25FN4O3S/c1-14(15-2-3-15)25-19(8-11-22-25)23-20(26)16-9-12-24(13-10-16)29(27,28)18-6-4-17(21)5-7-18/h4-8,11,14-16H,2-3,9-10,12-13H2,1H3,(H,23,26). The summed E-state index contributed by atoms with van der Waals surface area (Å²) in [4.78, 5) is 12.8. The van der Waals surface area contributed by atoms with Crippen LogP contribution < -0.4 is 5.32 Å². The van der Waals surface area contributed by atoms with Crippen LogP contribution in [0, 0.1) is 17.7 Å². The van der Waals surface area contributed by atoms with Crippen LogP contribution in [-0.4, -0.2) is 41.5 Å². The monoisotopic (exact) mass is 420 g/mol. The van der Waals surface area contributed by atoms with Crippen LogP contribution in [0.4, 0.5) is 10.2 Å². The molecule has 0 radical (unpaired) electrons. The van der Waals surface area contributed by atoms with Crippen LogP contribution in [0.2, 0.25) is 0 Å². The summed E-state index contributed by atoms with van der Waals surface area (Å²) in [6.45, 7) is 2.63. The first-order valence-corrected chi connectivity index (χ1v) is 11.4. The van der Waals surface area contributed by atoms with Crippen molar-refractivity contribution in [3.63, 3.8) is 0 Å². The van der Waals surface area contributed by atoms with Gasteiger partial charge in [0.15, 0.2) is 0 Å². The van der Waals surface area contributed by atoms with Crippen LogP contribution >= 0.6 is 0 Å². The van der Waals surface area contributed by atoms with E-state index in [0.29, 0.717) is 24.6 Å². The summed E-state index contributed by atoms with van der Waals surface area (Å²) in [6, 6.07) is 6.86. The van der Waals surface area contributed by atoms with Crippen molar-refractivity contribution in [2.24, 2.45) is 11.8 Å². The number of sulfonamides is 1. The second-order valence-electron chi connectivity index (χ2n) is 7.86. The highest BCUT2D eigenvalue weighted by molar-refractivity contribution is 7.89. The molecule has 1 aromatic carbocycles. The SMILES string of the molecule is CC(C1CC1)n1nccc1NC(=O)C1CCN(S(=O)(=O)c2ccc(F)cc2)CC1. The number of hydrogen-bond donors (Lipinski definition) is 1. The molecule has 2 aromatic rings. The molecule has 1 aromatic heterocycles. The van der Waals surface area contributed by atoms with Crippen molar-refractivity contribution in [3.8, 4) is 0 Å². The number of hydrogen-bond acceptors (Lipinski definition) is 4. The van der Waals surface area contributed by atoms with Gasteiger partial charge in [-0.15, -0.1) is 0 Å². The smallest absolute Gasteiger partial charge is 0.243 e. The quantitative estimate of drug-likeness (QED) is 0.779. The van der Waals surface area contributed by atoms with Crippen molar-refractivity contribution < 1.29 is 17.6 Å². The lowest BCUT2D eigenvalue weighted by molar-refractivity contribution is -0.121. The number of carbonyl (C=O) groups excluding carboxylic acids is 1. The number of rotatable bonds is 6. The second-order valence-corrected chi connectivity index (χ2v) is 9.80. The van der Waals surface area contributed by atoms with Gasteiger partial charge < -0.3 is 5.32 Å². The fourth-order valence-corrected chi connectivity index (χ4v) is 5.33. The predicted octanol–water partition coefficient (Wildman–Crippen LogP) is 3.03. The van der Waals surface area contributed by atoms with Gasteiger partial charge in [-0.25, -0.2) is 17.5 Å². The number of nitrogens with one attached hydrogen (secondary N) is 1. The van der Waals surface area contributed by atoms with E-state index in [9.17, 15) is 17.6 Å². The molecule has 2 fully saturated rings. The number of amides is 1. The molecule has 1 saturated heterocycles. The van der Waals surface area contributed by atoms with Crippen LogP contribution in [0.3, 0.4) is 0 Å². The maximum atomic E-state index is 13.1. The summed E-state index contributed by atoms with van der Waals surface area (Å²) in [5, 5.41) is 7.31. The minimum Gasteiger partial charge on any atom is -0.311 e. The zero-order valence-electron chi connectivity index (χ0n) is 16.3. The highest BCUT2D eigenvalue weighted by Crippen LogP contribution is 2.40. The zero-order valence-corrected chi connectivity index (χ0v) is 17.1. The molecule has 1 atom stereocenters. The van der Waals surface area contributed by atoms with E-state index < -0.39 is 15.8 Å². The number of anilines is 1. The van der Waals surface area contributed by atoms with E-state index in [0.717, 1.165) is 12.1 Å². The Labute approximate surface area is 169 Å². The number of benzene rings is 1. The Morgan fingerprint density at radius 2 is 1.79 bits per heavy atom. The summed E-state index contributed by atoms with van der Waals surface area (Å²) in [6.07, 6.45) is 4.95. The molecule has 1 saturated carbocycles. The van der Waals surface area contributed by atoms with Gasteiger partial charge in [-0.1, -0.05) is 0 Å². The Balaban J connectivity index is 1.36. The van der Waals surface area contributed by atoms with E-state index >= 15 is 0 Å². The molecule has 2 aliphatic rings. The first-order chi connectivity index (χ1) is 13.9. The molecule has 1 amide bonds. The van der Waals surface area contributed by atoms with Gasteiger partial charge in [0.2, 0.25) is 15.9 Å². The normalized spacial score (nSPS) is 19.8.